The van der Waals surface area contributed by atoms with E-state index in [0.29, 0.717) is 29.1 Å². The molecule has 2 aliphatic rings. The molecule has 2 unspecified atom stereocenters. The lowest BCUT2D eigenvalue weighted by atomic mass is 9.95. The summed E-state index contributed by atoms with van der Waals surface area (Å²) >= 11 is 0. The summed E-state index contributed by atoms with van der Waals surface area (Å²) in [6, 6.07) is 10.3. The van der Waals surface area contributed by atoms with Gasteiger partial charge in [0.25, 0.3) is 0 Å². The van der Waals surface area contributed by atoms with Crippen molar-refractivity contribution in [2.24, 2.45) is 0 Å². The number of carbonyl (C=O) groups excluding carboxylic acids is 1. The van der Waals surface area contributed by atoms with E-state index < -0.39 is 17.8 Å². The fourth-order valence-corrected chi connectivity index (χ4v) is 4.74. The van der Waals surface area contributed by atoms with Crippen LogP contribution in [0.5, 0.6) is 23.0 Å². The first-order valence-electron chi connectivity index (χ1n) is 12.2. The van der Waals surface area contributed by atoms with Gasteiger partial charge >= 0.3 is 0 Å². The summed E-state index contributed by atoms with van der Waals surface area (Å²) in [4.78, 5) is 19.6. The van der Waals surface area contributed by atoms with E-state index in [4.69, 9.17) is 18.9 Å². The quantitative estimate of drug-likeness (QED) is 0.475. The number of methoxy groups -OCH3 is 1. The molecule has 3 aromatic rings. The molecule has 0 saturated carbocycles. The second-order valence-electron chi connectivity index (χ2n) is 8.99. The van der Waals surface area contributed by atoms with Gasteiger partial charge in [0, 0.05) is 42.8 Å². The van der Waals surface area contributed by atoms with Crippen molar-refractivity contribution >= 4 is 16.8 Å². The van der Waals surface area contributed by atoms with Gasteiger partial charge in [-0.05, 0) is 44.2 Å². The number of fused-ring (bicyclic) bond motifs is 2. The average Bonchev–Trinajstić information content (AvgIpc) is 3.25. The molecule has 190 valence electrons. The topological polar surface area (TPSA) is 82.2 Å². The maximum atomic E-state index is 15.5. The Bertz CT molecular complexity index is 1250. The van der Waals surface area contributed by atoms with Crippen LogP contribution < -0.4 is 19.5 Å². The van der Waals surface area contributed by atoms with Crippen molar-refractivity contribution in [2.75, 3.05) is 46.5 Å². The molecule has 2 aromatic carbocycles. The summed E-state index contributed by atoms with van der Waals surface area (Å²) in [5.41, 5.74) is 1.20. The Hall–Kier alpha value is -3.43. The Labute approximate surface area is 209 Å². The van der Waals surface area contributed by atoms with Gasteiger partial charge < -0.3 is 24.3 Å². The maximum absolute atomic E-state index is 15.5. The minimum absolute atomic E-state index is 0.0239. The van der Waals surface area contributed by atoms with Crippen molar-refractivity contribution in [1.29, 1.82) is 0 Å². The molecule has 1 N–H and O–H groups in total. The van der Waals surface area contributed by atoms with Crippen molar-refractivity contribution in [2.45, 2.75) is 25.4 Å². The maximum Gasteiger partial charge on any atom is 0.231 e. The van der Waals surface area contributed by atoms with Crippen LogP contribution in [0.2, 0.25) is 0 Å². The molecule has 0 bridgehead atoms. The highest BCUT2D eigenvalue weighted by Crippen LogP contribution is 2.44. The summed E-state index contributed by atoms with van der Waals surface area (Å²) in [5, 5.41) is 3.72. The standard InChI is InChI=1S/C27H30FN3O5/c1-17-24(27(32)30-9-3-11-31-12-14-34-15-13-31)20-6-7-23(25(28)26(20)35-17)36-22-8-10-29-21-16-18(33-2)4-5-19(21)22/h4-8,10,16-17,24H,3,9,11-15H2,1-2H3,(H,30,32). The third kappa shape index (κ3) is 4.94. The number of hydrogen-bond donors (Lipinski definition) is 1. The van der Waals surface area contributed by atoms with Crippen LogP contribution in [0, 0.1) is 5.82 Å². The molecule has 3 heterocycles. The third-order valence-electron chi connectivity index (χ3n) is 6.67. The van der Waals surface area contributed by atoms with E-state index in [1.165, 1.54) is 0 Å². The monoisotopic (exact) mass is 495 g/mol. The molecule has 1 amide bonds. The SMILES string of the molecule is COc1ccc2c(Oc3ccc4c(c3F)OC(C)C4C(=O)NCCCN3CCOCC3)ccnc2c1. The number of hydrogen-bond acceptors (Lipinski definition) is 7. The predicted molar refractivity (Wildman–Crippen MR) is 132 cm³/mol. The molecule has 0 radical (unpaired) electrons. The molecule has 9 heteroatoms. The van der Waals surface area contributed by atoms with Crippen LogP contribution in [0.1, 0.15) is 24.8 Å². The molecule has 2 atom stereocenters. The van der Waals surface area contributed by atoms with Crippen LogP contribution in [0.3, 0.4) is 0 Å². The molecular formula is C27H30FN3O5. The highest BCUT2D eigenvalue weighted by Gasteiger charge is 2.39. The van der Waals surface area contributed by atoms with Crippen molar-refractivity contribution < 1.29 is 28.1 Å². The summed E-state index contributed by atoms with van der Waals surface area (Å²) in [5.74, 6) is -0.151. The second-order valence-corrected chi connectivity index (χ2v) is 8.99. The van der Waals surface area contributed by atoms with Gasteiger partial charge in [-0.1, -0.05) is 6.07 Å². The van der Waals surface area contributed by atoms with E-state index in [-0.39, 0.29) is 17.4 Å². The average molecular weight is 496 g/mol. The highest BCUT2D eigenvalue weighted by atomic mass is 19.1. The van der Waals surface area contributed by atoms with Crippen LogP contribution in [-0.2, 0) is 9.53 Å². The number of amides is 1. The smallest absolute Gasteiger partial charge is 0.231 e. The minimum Gasteiger partial charge on any atom is -0.497 e. The lowest BCUT2D eigenvalue weighted by Gasteiger charge is -2.26. The Morgan fingerprint density at radius 2 is 2.03 bits per heavy atom. The zero-order valence-electron chi connectivity index (χ0n) is 20.5. The van der Waals surface area contributed by atoms with Crippen molar-refractivity contribution in [1.82, 2.24) is 15.2 Å². The number of nitrogens with zero attached hydrogens (tertiary/aromatic N) is 2. The van der Waals surface area contributed by atoms with Crippen LogP contribution >= 0.6 is 0 Å². The van der Waals surface area contributed by atoms with E-state index in [2.05, 4.69) is 15.2 Å². The zero-order valence-corrected chi connectivity index (χ0v) is 20.5. The molecule has 8 nitrogen and oxygen atoms in total. The van der Waals surface area contributed by atoms with Crippen molar-refractivity contribution in [3.63, 3.8) is 0 Å². The van der Waals surface area contributed by atoms with Gasteiger partial charge in [0.15, 0.2) is 11.5 Å². The number of morpholine rings is 1. The van der Waals surface area contributed by atoms with E-state index in [9.17, 15) is 4.79 Å². The summed E-state index contributed by atoms with van der Waals surface area (Å²) in [7, 11) is 1.58. The second kappa shape index (κ2) is 10.7. The van der Waals surface area contributed by atoms with Gasteiger partial charge in [-0.2, -0.15) is 4.39 Å². The molecule has 1 fully saturated rings. The van der Waals surface area contributed by atoms with Crippen LogP contribution in [-0.4, -0.2) is 68.4 Å². The normalized spacial score (nSPS) is 19.5. The summed E-state index contributed by atoms with van der Waals surface area (Å²) in [6.45, 7) is 6.58. The largest absolute Gasteiger partial charge is 0.497 e. The first kappa shape index (κ1) is 24.3. The van der Waals surface area contributed by atoms with Gasteiger partial charge in [-0.15, -0.1) is 0 Å². The number of carbonyl (C=O) groups is 1. The van der Waals surface area contributed by atoms with E-state index >= 15 is 4.39 Å². The highest BCUT2D eigenvalue weighted by molar-refractivity contribution is 5.87. The van der Waals surface area contributed by atoms with Gasteiger partial charge in [0.2, 0.25) is 11.7 Å². The number of halogens is 1. The number of pyridine rings is 1. The molecule has 1 saturated heterocycles. The van der Waals surface area contributed by atoms with Gasteiger partial charge in [0.1, 0.15) is 23.5 Å². The molecular weight excluding hydrogens is 465 g/mol. The fourth-order valence-electron chi connectivity index (χ4n) is 4.74. The number of nitrogens with one attached hydrogen (secondary N) is 1. The number of aromatic nitrogens is 1. The Morgan fingerprint density at radius 3 is 2.83 bits per heavy atom. The Morgan fingerprint density at radius 1 is 1.19 bits per heavy atom. The molecule has 1 aromatic heterocycles. The zero-order chi connectivity index (χ0) is 25.1. The number of ether oxygens (including phenoxy) is 4. The summed E-state index contributed by atoms with van der Waals surface area (Å²) in [6.07, 6.45) is 1.95. The van der Waals surface area contributed by atoms with Gasteiger partial charge in [-0.25, -0.2) is 0 Å². The summed E-state index contributed by atoms with van der Waals surface area (Å²) < 4.78 is 37.8. The van der Waals surface area contributed by atoms with E-state index in [0.717, 1.165) is 44.7 Å². The first-order chi connectivity index (χ1) is 17.5. The van der Waals surface area contributed by atoms with Crippen LogP contribution in [0.25, 0.3) is 10.9 Å². The van der Waals surface area contributed by atoms with Crippen LogP contribution in [0.15, 0.2) is 42.6 Å². The molecule has 2 aliphatic heterocycles. The lowest BCUT2D eigenvalue weighted by Crippen LogP contribution is -2.39. The number of rotatable bonds is 8. The predicted octanol–water partition coefficient (Wildman–Crippen LogP) is 3.88. The first-order valence-corrected chi connectivity index (χ1v) is 12.2. The van der Waals surface area contributed by atoms with E-state index in [1.54, 1.807) is 50.6 Å². The Kier molecular flexibility index (Phi) is 7.20. The molecule has 0 aliphatic carbocycles. The molecule has 36 heavy (non-hydrogen) atoms. The lowest BCUT2D eigenvalue weighted by molar-refractivity contribution is -0.123. The molecule has 5 rings (SSSR count). The Balaban J connectivity index is 1.27. The van der Waals surface area contributed by atoms with Crippen molar-refractivity contribution in [3.8, 4) is 23.0 Å². The fraction of sp³-hybridized carbons (Fsp3) is 0.407. The minimum atomic E-state index is -0.625. The molecule has 0 spiro atoms. The van der Waals surface area contributed by atoms with E-state index in [1.807, 2.05) is 6.07 Å². The van der Waals surface area contributed by atoms with Crippen molar-refractivity contribution in [3.05, 3.63) is 54.0 Å². The van der Waals surface area contributed by atoms with Gasteiger partial charge in [0.05, 0.1) is 25.8 Å². The van der Waals surface area contributed by atoms with Gasteiger partial charge in [-0.3, -0.25) is 14.7 Å². The third-order valence-corrected chi connectivity index (χ3v) is 6.67. The number of benzene rings is 2. The van der Waals surface area contributed by atoms with Crippen LogP contribution in [0.4, 0.5) is 4.39 Å².